The summed E-state index contributed by atoms with van der Waals surface area (Å²) in [4.78, 5) is 13.8. The normalized spacial score (nSPS) is 13.5. The van der Waals surface area contributed by atoms with Gasteiger partial charge in [0.05, 0.1) is 17.7 Å². The molecule has 1 aliphatic rings. The molecule has 0 spiro atoms. The van der Waals surface area contributed by atoms with Crippen molar-refractivity contribution in [3.05, 3.63) is 56.6 Å². The number of esters is 1. The van der Waals surface area contributed by atoms with Crippen LogP contribution in [0.2, 0.25) is 10.0 Å². The molecular formula is C19H16Cl2F3NO3. The van der Waals surface area contributed by atoms with Gasteiger partial charge in [0.15, 0.2) is 0 Å². The van der Waals surface area contributed by atoms with Gasteiger partial charge in [-0.1, -0.05) is 23.2 Å². The molecule has 2 aromatic carbocycles. The van der Waals surface area contributed by atoms with Crippen molar-refractivity contribution >= 4 is 34.9 Å². The van der Waals surface area contributed by atoms with Crippen molar-refractivity contribution in [1.29, 1.82) is 0 Å². The quantitative estimate of drug-likeness (QED) is 0.592. The average molecular weight is 434 g/mol. The first-order chi connectivity index (χ1) is 13.1. The molecule has 4 nitrogen and oxygen atoms in total. The molecule has 0 bridgehead atoms. The van der Waals surface area contributed by atoms with Gasteiger partial charge in [-0.2, -0.15) is 0 Å². The van der Waals surface area contributed by atoms with Gasteiger partial charge in [0.25, 0.3) is 0 Å². The molecule has 0 fully saturated rings. The molecule has 0 radical (unpaired) electrons. The SMILES string of the molecule is COC(=O)c1ccc(Cl)c(CN2CCc3cc(OC(F)(F)F)cc(C)c32)c1Cl. The Labute approximate surface area is 169 Å². The van der Waals surface area contributed by atoms with Crippen LogP contribution in [-0.4, -0.2) is 26.0 Å². The largest absolute Gasteiger partial charge is 0.573 e. The number of nitrogens with zero attached hydrogens (tertiary/aromatic N) is 1. The first-order valence-electron chi connectivity index (χ1n) is 8.30. The number of halogens is 5. The van der Waals surface area contributed by atoms with E-state index in [0.717, 1.165) is 11.3 Å². The Morgan fingerprint density at radius 1 is 1.25 bits per heavy atom. The van der Waals surface area contributed by atoms with Crippen LogP contribution in [0.25, 0.3) is 0 Å². The van der Waals surface area contributed by atoms with Crippen molar-refractivity contribution in [1.82, 2.24) is 0 Å². The minimum absolute atomic E-state index is 0.197. The van der Waals surface area contributed by atoms with Gasteiger partial charge >= 0.3 is 12.3 Å². The van der Waals surface area contributed by atoms with Crippen molar-refractivity contribution in [3.63, 3.8) is 0 Å². The van der Waals surface area contributed by atoms with E-state index in [1.54, 1.807) is 13.0 Å². The standard InChI is InChI=1S/C19H16Cl2F3NO3/c1-10-7-12(28-19(22,23)24)8-11-5-6-25(17(10)11)9-14-15(20)4-3-13(16(14)21)18(26)27-2/h3-4,7-8H,5-6,9H2,1-2H3. The fraction of sp³-hybridized carbons (Fsp3) is 0.316. The maximum Gasteiger partial charge on any atom is 0.573 e. The molecule has 0 N–H and O–H groups in total. The molecule has 3 rings (SSSR count). The number of fused-ring (bicyclic) bond motifs is 1. The number of hydrogen-bond donors (Lipinski definition) is 0. The number of methoxy groups -OCH3 is 1. The molecule has 0 saturated heterocycles. The first-order valence-corrected chi connectivity index (χ1v) is 9.05. The lowest BCUT2D eigenvalue weighted by Gasteiger charge is -2.23. The highest BCUT2D eigenvalue weighted by Crippen LogP contribution is 2.39. The van der Waals surface area contributed by atoms with Crippen molar-refractivity contribution in [3.8, 4) is 5.75 Å². The molecule has 0 aliphatic carbocycles. The number of carbonyl (C=O) groups excluding carboxylic acids is 1. The maximum absolute atomic E-state index is 12.5. The predicted molar refractivity (Wildman–Crippen MR) is 100 cm³/mol. The molecule has 0 saturated carbocycles. The summed E-state index contributed by atoms with van der Waals surface area (Å²) in [6.45, 7) is 2.59. The Morgan fingerprint density at radius 3 is 2.61 bits per heavy atom. The fourth-order valence-electron chi connectivity index (χ4n) is 3.38. The van der Waals surface area contributed by atoms with E-state index in [9.17, 15) is 18.0 Å². The van der Waals surface area contributed by atoms with Gasteiger partial charge in [-0.05, 0) is 48.7 Å². The molecular weight excluding hydrogens is 418 g/mol. The smallest absolute Gasteiger partial charge is 0.465 e. The molecule has 0 unspecified atom stereocenters. The second kappa shape index (κ2) is 7.72. The summed E-state index contributed by atoms with van der Waals surface area (Å²) in [6.07, 6.45) is -4.19. The molecule has 9 heteroatoms. The lowest BCUT2D eigenvalue weighted by Crippen LogP contribution is -2.21. The van der Waals surface area contributed by atoms with Crippen LogP contribution in [0.1, 0.15) is 27.0 Å². The summed E-state index contributed by atoms with van der Waals surface area (Å²) in [5, 5.41) is 0.586. The predicted octanol–water partition coefficient (Wildman–Crippen LogP) is 5.55. The third-order valence-corrected chi connectivity index (χ3v) is 5.28. The van der Waals surface area contributed by atoms with Crippen molar-refractivity contribution in [2.24, 2.45) is 0 Å². The second-order valence-corrected chi connectivity index (χ2v) is 7.13. The zero-order valence-corrected chi connectivity index (χ0v) is 16.5. The van der Waals surface area contributed by atoms with Crippen LogP contribution in [0.5, 0.6) is 5.75 Å². The molecule has 150 valence electrons. The second-order valence-electron chi connectivity index (χ2n) is 6.35. The van der Waals surface area contributed by atoms with E-state index in [1.807, 2.05) is 4.90 Å². The van der Waals surface area contributed by atoms with E-state index in [-0.39, 0.29) is 16.3 Å². The highest BCUT2D eigenvalue weighted by Gasteiger charge is 2.32. The van der Waals surface area contributed by atoms with Gasteiger partial charge in [0.1, 0.15) is 5.75 Å². The topological polar surface area (TPSA) is 38.8 Å². The Morgan fingerprint density at radius 2 is 1.96 bits per heavy atom. The highest BCUT2D eigenvalue weighted by atomic mass is 35.5. The lowest BCUT2D eigenvalue weighted by atomic mass is 10.1. The lowest BCUT2D eigenvalue weighted by molar-refractivity contribution is -0.274. The summed E-state index contributed by atoms with van der Waals surface area (Å²) < 4.78 is 46.3. The number of carbonyl (C=O) groups is 1. The zero-order chi connectivity index (χ0) is 20.6. The monoisotopic (exact) mass is 433 g/mol. The summed E-state index contributed by atoms with van der Waals surface area (Å²) in [7, 11) is 1.26. The number of aryl methyl sites for hydroxylation is 1. The molecule has 0 amide bonds. The summed E-state index contributed by atoms with van der Waals surface area (Å²) >= 11 is 12.7. The Bertz CT molecular complexity index is 932. The molecule has 0 atom stereocenters. The van der Waals surface area contributed by atoms with E-state index in [4.69, 9.17) is 27.9 Å². The third-order valence-electron chi connectivity index (χ3n) is 4.49. The minimum atomic E-state index is -4.74. The van der Waals surface area contributed by atoms with Crippen LogP contribution >= 0.6 is 23.2 Å². The number of rotatable bonds is 4. The van der Waals surface area contributed by atoms with E-state index in [1.165, 1.54) is 25.3 Å². The Kier molecular flexibility index (Phi) is 5.68. The number of anilines is 1. The number of hydrogen-bond acceptors (Lipinski definition) is 4. The molecule has 1 heterocycles. The van der Waals surface area contributed by atoms with E-state index < -0.39 is 12.3 Å². The molecule has 0 aromatic heterocycles. The molecule has 1 aliphatic heterocycles. The van der Waals surface area contributed by atoms with E-state index in [0.29, 0.717) is 35.7 Å². The van der Waals surface area contributed by atoms with Crippen LogP contribution in [0, 0.1) is 6.92 Å². The van der Waals surface area contributed by atoms with Gasteiger partial charge in [-0.3, -0.25) is 0 Å². The van der Waals surface area contributed by atoms with Crippen molar-refractivity contribution in [2.75, 3.05) is 18.6 Å². The van der Waals surface area contributed by atoms with Crippen molar-refractivity contribution < 1.29 is 27.4 Å². The number of alkyl halides is 3. The van der Waals surface area contributed by atoms with Crippen LogP contribution in [0.4, 0.5) is 18.9 Å². The summed E-state index contributed by atoms with van der Waals surface area (Å²) in [6, 6.07) is 5.80. The van der Waals surface area contributed by atoms with Crippen LogP contribution < -0.4 is 9.64 Å². The van der Waals surface area contributed by atoms with Crippen LogP contribution in [-0.2, 0) is 17.7 Å². The zero-order valence-electron chi connectivity index (χ0n) is 15.0. The van der Waals surface area contributed by atoms with Gasteiger partial charge in [-0.25, -0.2) is 4.79 Å². The third kappa shape index (κ3) is 4.15. The van der Waals surface area contributed by atoms with E-state index in [2.05, 4.69) is 4.74 Å². The van der Waals surface area contributed by atoms with E-state index >= 15 is 0 Å². The van der Waals surface area contributed by atoms with Gasteiger partial charge in [-0.15, -0.1) is 13.2 Å². The molecule has 28 heavy (non-hydrogen) atoms. The summed E-state index contributed by atoms with van der Waals surface area (Å²) in [5.74, 6) is -0.816. The van der Waals surface area contributed by atoms with Crippen molar-refractivity contribution in [2.45, 2.75) is 26.3 Å². The average Bonchev–Trinajstić information content (AvgIpc) is 2.99. The first kappa shape index (κ1) is 20.6. The van der Waals surface area contributed by atoms with Crippen LogP contribution in [0.15, 0.2) is 24.3 Å². The van der Waals surface area contributed by atoms with Gasteiger partial charge < -0.3 is 14.4 Å². The fourth-order valence-corrected chi connectivity index (χ4v) is 3.95. The summed E-state index contributed by atoms with van der Waals surface area (Å²) in [5.41, 5.74) is 2.95. The van der Waals surface area contributed by atoms with Crippen LogP contribution in [0.3, 0.4) is 0 Å². The Balaban J connectivity index is 1.93. The van der Waals surface area contributed by atoms with Gasteiger partial charge in [0.2, 0.25) is 0 Å². The van der Waals surface area contributed by atoms with Gasteiger partial charge in [0, 0.05) is 29.4 Å². The maximum atomic E-state index is 12.5. The highest BCUT2D eigenvalue weighted by molar-refractivity contribution is 6.38. The number of ether oxygens (including phenoxy) is 2. The minimum Gasteiger partial charge on any atom is -0.465 e. The number of benzene rings is 2. The molecule has 2 aromatic rings. The Hall–Kier alpha value is -2.12.